The highest BCUT2D eigenvalue weighted by Gasteiger charge is 2.27. The van der Waals surface area contributed by atoms with E-state index in [1.54, 1.807) is 17.0 Å². The second-order valence-electron chi connectivity index (χ2n) is 8.82. The van der Waals surface area contributed by atoms with E-state index in [2.05, 4.69) is 22.2 Å². The lowest BCUT2D eigenvalue weighted by atomic mass is 9.89. The Morgan fingerprint density at radius 2 is 1.84 bits per heavy atom. The van der Waals surface area contributed by atoms with Crippen molar-refractivity contribution < 1.29 is 14.3 Å². The molecule has 194 valence electrons. The third-order valence-corrected chi connectivity index (χ3v) is 8.61. The monoisotopic (exact) mass is 583 g/mol. The second kappa shape index (κ2) is 11.4. The zero-order chi connectivity index (χ0) is 26.8. The Morgan fingerprint density at radius 3 is 2.53 bits per heavy atom. The Kier molecular flexibility index (Phi) is 7.97. The molecule has 1 amide bonds. The van der Waals surface area contributed by atoms with Gasteiger partial charge in [0.05, 0.1) is 12.6 Å². The van der Waals surface area contributed by atoms with Gasteiger partial charge in [-0.15, -0.1) is 22.7 Å². The summed E-state index contributed by atoms with van der Waals surface area (Å²) < 4.78 is 5.16. The van der Waals surface area contributed by atoms with Crippen LogP contribution in [0.3, 0.4) is 0 Å². The number of hydrogen-bond acceptors (Lipinski definition) is 7. The van der Waals surface area contributed by atoms with Crippen molar-refractivity contribution >= 4 is 74.6 Å². The van der Waals surface area contributed by atoms with Crippen LogP contribution in [0.4, 0.5) is 5.69 Å². The van der Waals surface area contributed by atoms with Crippen LogP contribution in [-0.2, 0) is 4.74 Å². The number of carbonyl (C=O) groups excluding carboxylic acids is 2. The Morgan fingerprint density at radius 1 is 1.05 bits per heavy atom. The van der Waals surface area contributed by atoms with Gasteiger partial charge in [-0.25, -0.2) is 9.78 Å². The number of halogens is 2. The van der Waals surface area contributed by atoms with E-state index in [1.807, 2.05) is 42.5 Å². The highest BCUT2D eigenvalue weighted by Crippen LogP contribution is 2.42. The van der Waals surface area contributed by atoms with Crippen LogP contribution in [0.25, 0.3) is 21.6 Å². The van der Waals surface area contributed by atoms with Crippen molar-refractivity contribution in [3.63, 3.8) is 0 Å². The van der Waals surface area contributed by atoms with E-state index >= 15 is 0 Å². The summed E-state index contributed by atoms with van der Waals surface area (Å²) in [6.45, 7) is 1.54. The molecular weight excluding hydrogens is 561 g/mol. The van der Waals surface area contributed by atoms with Crippen LogP contribution in [0.5, 0.6) is 0 Å². The minimum atomic E-state index is -0.378. The lowest BCUT2D eigenvalue weighted by molar-refractivity contribution is 0.0606. The number of carbonyl (C=O) groups is 2. The van der Waals surface area contributed by atoms with E-state index in [0.717, 1.165) is 45.7 Å². The van der Waals surface area contributed by atoms with Gasteiger partial charge < -0.3 is 15.0 Å². The maximum absolute atomic E-state index is 12.9. The summed E-state index contributed by atoms with van der Waals surface area (Å²) in [4.78, 5) is 33.0. The number of aromatic nitrogens is 1. The number of hydrogen-bond donors (Lipinski definition) is 1. The summed E-state index contributed by atoms with van der Waals surface area (Å²) in [5, 5.41) is 5.71. The summed E-state index contributed by atoms with van der Waals surface area (Å²) in [7, 11) is 3.46. The fourth-order valence-electron chi connectivity index (χ4n) is 4.42. The lowest BCUT2D eigenvalue weighted by Gasteiger charge is -2.29. The minimum Gasteiger partial charge on any atom is -0.465 e. The van der Waals surface area contributed by atoms with Gasteiger partial charge in [0.2, 0.25) is 0 Å². The number of thiophene rings is 1. The zero-order valence-corrected chi connectivity index (χ0v) is 23.7. The smallest absolute Gasteiger partial charge is 0.348 e. The van der Waals surface area contributed by atoms with Crippen LogP contribution in [0.2, 0.25) is 10.0 Å². The van der Waals surface area contributed by atoms with Gasteiger partial charge >= 0.3 is 5.97 Å². The van der Waals surface area contributed by atoms with Crippen molar-refractivity contribution in [2.75, 3.05) is 32.6 Å². The highest BCUT2D eigenvalue weighted by atomic mass is 35.5. The van der Waals surface area contributed by atoms with Crippen LogP contribution < -0.4 is 5.32 Å². The van der Waals surface area contributed by atoms with Crippen molar-refractivity contribution in [1.82, 2.24) is 9.88 Å². The summed E-state index contributed by atoms with van der Waals surface area (Å²) >= 11 is 15.5. The number of rotatable bonds is 6. The van der Waals surface area contributed by atoms with Gasteiger partial charge in [0.25, 0.3) is 5.91 Å². The number of esters is 1. The average molecular weight is 585 g/mol. The second-order valence-corrected chi connectivity index (χ2v) is 11.4. The molecule has 3 heterocycles. The van der Waals surface area contributed by atoms with Crippen molar-refractivity contribution in [2.24, 2.45) is 0 Å². The van der Waals surface area contributed by atoms with Gasteiger partial charge in [-0.05, 0) is 66.1 Å². The number of nitrogens with one attached hydrogen (secondary N) is 1. The molecule has 1 aliphatic rings. The van der Waals surface area contributed by atoms with Crippen LogP contribution in [0, 0.1) is 0 Å². The lowest BCUT2D eigenvalue weighted by Crippen LogP contribution is -2.27. The molecule has 0 saturated heterocycles. The van der Waals surface area contributed by atoms with Crippen molar-refractivity contribution in [1.29, 1.82) is 0 Å². The van der Waals surface area contributed by atoms with Crippen LogP contribution in [0.1, 0.15) is 37.7 Å². The molecule has 2 aromatic heterocycles. The van der Waals surface area contributed by atoms with Crippen LogP contribution in [0.15, 0.2) is 59.4 Å². The van der Waals surface area contributed by atoms with Crippen molar-refractivity contribution in [3.8, 4) is 10.4 Å². The number of likely N-dealkylation sites (N-methyl/N-ethyl adjacent to an activating group) is 1. The molecular formula is C28H23Cl2N3O3S2. The first-order valence-electron chi connectivity index (χ1n) is 11.7. The molecule has 38 heavy (non-hydrogen) atoms. The first-order valence-corrected chi connectivity index (χ1v) is 14.2. The predicted molar refractivity (Wildman–Crippen MR) is 157 cm³/mol. The number of benzene rings is 2. The summed E-state index contributed by atoms with van der Waals surface area (Å²) in [6.07, 6.45) is 0.756. The number of amides is 1. The van der Waals surface area contributed by atoms with Gasteiger partial charge in [0, 0.05) is 44.6 Å². The van der Waals surface area contributed by atoms with Crippen molar-refractivity contribution in [2.45, 2.75) is 6.42 Å². The standard InChI is InChI=1S/C28H23Cl2N3O3S2/c1-33-10-9-19(22(13-33)20-8-5-17(29)11-23(20)30)21-12-25(38-26(21)28(35)36-2)16-3-6-18(7-4-16)32-27(34)24-14-37-15-31-24/h3-8,11-12,14-15H,9-10,13H2,1-2H3,(H,32,34). The summed E-state index contributed by atoms with van der Waals surface area (Å²) in [5.74, 6) is -0.635. The molecule has 4 aromatic rings. The Bertz CT molecular complexity index is 1530. The summed E-state index contributed by atoms with van der Waals surface area (Å²) in [5.41, 5.74) is 7.49. The molecule has 6 nitrogen and oxygen atoms in total. The normalized spacial score (nSPS) is 14.0. The first kappa shape index (κ1) is 26.6. The molecule has 0 unspecified atom stereocenters. The van der Waals surface area contributed by atoms with E-state index in [9.17, 15) is 9.59 Å². The number of ether oxygens (including phenoxy) is 1. The molecule has 10 heteroatoms. The maximum atomic E-state index is 12.9. The largest absolute Gasteiger partial charge is 0.465 e. The Labute approximate surface area is 238 Å². The molecule has 1 aliphatic heterocycles. The van der Waals surface area contributed by atoms with E-state index in [4.69, 9.17) is 27.9 Å². The average Bonchev–Trinajstić information content (AvgIpc) is 3.60. The predicted octanol–water partition coefficient (Wildman–Crippen LogP) is 7.46. The van der Waals surface area contributed by atoms with Gasteiger partial charge in [-0.2, -0.15) is 0 Å². The van der Waals surface area contributed by atoms with Crippen molar-refractivity contribution in [3.05, 3.63) is 91.2 Å². The van der Waals surface area contributed by atoms with Crippen LogP contribution >= 0.6 is 45.9 Å². The quantitative estimate of drug-likeness (QED) is 0.238. The molecule has 0 saturated carbocycles. The molecule has 2 aromatic carbocycles. The van der Waals surface area contributed by atoms with Gasteiger partial charge in [0.15, 0.2) is 0 Å². The third kappa shape index (κ3) is 5.55. The first-order chi connectivity index (χ1) is 18.3. The third-order valence-electron chi connectivity index (χ3n) is 6.31. The Hall–Kier alpha value is -3.01. The van der Waals surface area contributed by atoms with Crippen LogP contribution in [-0.4, -0.2) is 49.0 Å². The van der Waals surface area contributed by atoms with Gasteiger partial charge in [0.1, 0.15) is 10.6 Å². The number of thiazole rings is 1. The fraction of sp³-hybridized carbons (Fsp3) is 0.179. The van der Waals surface area contributed by atoms with E-state index < -0.39 is 0 Å². The molecule has 5 rings (SSSR count). The summed E-state index contributed by atoms with van der Waals surface area (Å²) in [6, 6.07) is 15.1. The van der Waals surface area contributed by atoms with Gasteiger partial charge in [-0.1, -0.05) is 41.4 Å². The van der Waals surface area contributed by atoms with E-state index in [-0.39, 0.29) is 11.9 Å². The molecule has 0 spiro atoms. The number of nitrogens with zero attached hydrogens (tertiary/aromatic N) is 2. The fourth-order valence-corrected chi connectivity index (χ4v) is 6.58. The number of methoxy groups -OCH3 is 1. The maximum Gasteiger partial charge on any atom is 0.348 e. The Balaban J connectivity index is 1.54. The van der Waals surface area contributed by atoms with E-state index in [0.29, 0.717) is 32.8 Å². The van der Waals surface area contributed by atoms with E-state index in [1.165, 1.54) is 29.8 Å². The molecule has 1 N–H and O–H groups in total. The van der Waals surface area contributed by atoms with Gasteiger partial charge in [-0.3, -0.25) is 4.79 Å². The highest BCUT2D eigenvalue weighted by molar-refractivity contribution is 7.17. The number of anilines is 1. The zero-order valence-electron chi connectivity index (χ0n) is 20.6. The molecule has 0 aliphatic carbocycles. The topological polar surface area (TPSA) is 71.5 Å². The molecule has 0 fully saturated rings. The molecule has 0 atom stereocenters. The SMILES string of the molecule is COC(=O)c1sc(-c2ccc(NC(=O)c3cscn3)cc2)cc1C1=C(c2ccc(Cl)cc2Cl)CN(C)CC1. The minimum absolute atomic E-state index is 0.256. The molecule has 0 radical (unpaired) electrons. The molecule has 0 bridgehead atoms.